The van der Waals surface area contributed by atoms with Crippen LogP contribution in [0.4, 0.5) is 0 Å². The van der Waals surface area contributed by atoms with Crippen LogP contribution in [0.5, 0.6) is 11.5 Å². The van der Waals surface area contributed by atoms with Gasteiger partial charge in [0.1, 0.15) is 11.5 Å². The number of rotatable bonds is 11. The first-order valence-corrected chi connectivity index (χ1v) is 11.9. The van der Waals surface area contributed by atoms with Crippen LogP contribution in [-0.4, -0.2) is 25.0 Å². The number of hydrogen-bond acceptors (Lipinski definition) is 4. The Hall–Kier alpha value is -2.54. The smallest absolute Gasteiger partial charge is 0.276 e. The second-order valence-corrected chi connectivity index (χ2v) is 8.90. The van der Waals surface area contributed by atoms with Crippen molar-refractivity contribution in [3.63, 3.8) is 0 Å². The van der Waals surface area contributed by atoms with Crippen LogP contribution in [0.2, 0.25) is 0 Å². The van der Waals surface area contributed by atoms with Gasteiger partial charge >= 0.3 is 0 Å². The van der Waals surface area contributed by atoms with Crippen molar-refractivity contribution in [1.29, 1.82) is 0 Å². The Balaban J connectivity index is 1.82. The number of amides is 2. The lowest BCUT2D eigenvalue weighted by Gasteiger charge is -2.15. The Bertz CT molecular complexity index is 915. The molecule has 0 aromatic heterocycles. The van der Waals surface area contributed by atoms with Crippen molar-refractivity contribution in [1.82, 2.24) is 10.9 Å². The zero-order chi connectivity index (χ0) is 23.5. The largest absolute Gasteiger partial charge is 0.492 e. The zero-order valence-electron chi connectivity index (χ0n) is 19.3. The highest BCUT2D eigenvalue weighted by molar-refractivity contribution is 9.10. The number of unbranched alkanes of at least 4 members (excludes halogenated alkanes) is 3. The molecular formula is C25H33BrN2O4. The van der Waals surface area contributed by atoms with Crippen molar-refractivity contribution < 1.29 is 19.1 Å². The van der Waals surface area contributed by atoms with Gasteiger partial charge in [0.05, 0.1) is 11.1 Å². The molecule has 0 atom stereocenters. The molecule has 0 heterocycles. The van der Waals surface area contributed by atoms with Crippen molar-refractivity contribution >= 4 is 27.7 Å². The molecule has 0 saturated heterocycles. The average molecular weight is 505 g/mol. The van der Waals surface area contributed by atoms with Crippen LogP contribution in [0.25, 0.3) is 0 Å². The summed E-state index contributed by atoms with van der Waals surface area (Å²) in [4.78, 5) is 24.5. The standard InChI is InChI=1S/C25H33BrN2O4/c1-5-6-7-8-13-31-22-12-10-19(15-21(22)26)25(30)28-27-24(29)16-32-23-14-18(4)9-11-20(23)17(2)3/h9-12,14-15,17H,5-8,13,16H2,1-4H3,(H,27,29)(H,28,30). The van der Waals surface area contributed by atoms with E-state index < -0.39 is 11.8 Å². The minimum absolute atomic E-state index is 0.196. The van der Waals surface area contributed by atoms with Gasteiger partial charge in [-0.1, -0.05) is 52.2 Å². The maximum absolute atomic E-state index is 12.4. The summed E-state index contributed by atoms with van der Waals surface area (Å²) < 4.78 is 12.1. The van der Waals surface area contributed by atoms with Gasteiger partial charge in [-0.2, -0.15) is 0 Å². The molecule has 2 rings (SSSR count). The molecule has 0 aliphatic heterocycles. The van der Waals surface area contributed by atoms with E-state index in [0.29, 0.717) is 28.1 Å². The molecule has 32 heavy (non-hydrogen) atoms. The number of halogens is 1. The predicted molar refractivity (Wildman–Crippen MR) is 130 cm³/mol. The molecule has 0 aliphatic rings. The topological polar surface area (TPSA) is 76.7 Å². The highest BCUT2D eigenvalue weighted by Gasteiger charge is 2.13. The van der Waals surface area contributed by atoms with E-state index >= 15 is 0 Å². The summed E-state index contributed by atoms with van der Waals surface area (Å²) in [5, 5.41) is 0. The van der Waals surface area contributed by atoms with Gasteiger partial charge in [0, 0.05) is 5.56 Å². The molecular weight excluding hydrogens is 472 g/mol. The van der Waals surface area contributed by atoms with Crippen molar-refractivity contribution in [3.8, 4) is 11.5 Å². The number of carbonyl (C=O) groups is 2. The molecule has 0 fully saturated rings. The van der Waals surface area contributed by atoms with Crippen molar-refractivity contribution in [2.75, 3.05) is 13.2 Å². The quantitative estimate of drug-likeness (QED) is 0.304. The first kappa shape index (κ1) is 25.7. The highest BCUT2D eigenvalue weighted by Crippen LogP contribution is 2.28. The first-order valence-electron chi connectivity index (χ1n) is 11.1. The van der Waals surface area contributed by atoms with Gasteiger partial charge in [0.25, 0.3) is 11.8 Å². The third-order valence-corrected chi connectivity index (χ3v) is 5.53. The van der Waals surface area contributed by atoms with E-state index in [0.717, 1.165) is 24.0 Å². The highest BCUT2D eigenvalue weighted by atomic mass is 79.9. The van der Waals surface area contributed by atoms with E-state index in [1.165, 1.54) is 12.8 Å². The molecule has 2 N–H and O–H groups in total. The summed E-state index contributed by atoms with van der Waals surface area (Å²) in [6.45, 7) is 8.72. The molecule has 0 radical (unpaired) electrons. The lowest BCUT2D eigenvalue weighted by molar-refractivity contribution is -0.123. The number of aryl methyl sites for hydroxylation is 1. The van der Waals surface area contributed by atoms with E-state index in [2.05, 4.69) is 47.6 Å². The Morgan fingerprint density at radius 1 is 0.969 bits per heavy atom. The number of carbonyl (C=O) groups excluding carboxylic acids is 2. The number of nitrogens with one attached hydrogen (secondary N) is 2. The van der Waals surface area contributed by atoms with Crippen molar-refractivity contribution in [3.05, 3.63) is 57.6 Å². The number of hydrogen-bond donors (Lipinski definition) is 2. The van der Waals surface area contributed by atoms with Gasteiger partial charge in [-0.15, -0.1) is 0 Å². The summed E-state index contributed by atoms with van der Waals surface area (Å²) >= 11 is 3.44. The number of benzene rings is 2. The zero-order valence-corrected chi connectivity index (χ0v) is 20.9. The predicted octanol–water partition coefficient (Wildman–Crippen LogP) is 5.68. The van der Waals surface area contributed by atoms with E-state index in [-0.39, 0.29) is 12.5 Å². The Morgan fingerprint density at radius 2 is 1.75 bits per heavy atom. The van der Waals surface area contributed by atoms with Crippen LogP contribution >= 0.6 is 15.9 Å². The molecule has 0 bridgehead atoms. The van der Waals surface area contributed by atoms with Gasteiger partial charge in [0.15, 0.2) is 6.61 Å². The van der Waals surface area contributed by atoms with Crippen LogP contribution < -0.4 is 20.3 Å². The fourth-order valence-corrected chi connectivity index (χ4v) is 3.58. The average Bonchev–Trinajstić information content (AvgIpc) is 2.76. The van der Waals surface area contributed by atoms with Gasteiger partial charge in [0.2, 0.25) is 0 Å². The lowest BCUT2D eigenvalue weighted by Crippen LogP contribution is -2.43. The maximum atomic E-state index is 12.4. The van der Waals surface area contributed by atoms with Crippen molar-refractivity contribution in [2.45, 2.75) is 59.3 Å². The van der Waals surface area contributed by atoms with Crippen LogP contribution in [0.15, 0.2) is 40.9 Å². The lowest BCUT2D eigenvalue weighted by atomic mass is 10.0. The van der Waals surface area contributed by atoms with Crippen LogP contribution in [0, 0.1) is 6.92 Å². The summed E-state index contributed by atoms with van der Waals surface area (Å²) in [7, 11) is 0. The maximum Gasteiger partial charge on any atom is 0.276 e. The molecule has 2 aromatic carbocycles. The third kappa shape index (κ3) is 8.19. The van der Waals surface area contributed by atoms with E-state index in [1.807, 2.05) is 25.1 Å². The van der Waals surface area contributed by atoms with Crippen LogP contribution in [0.3, 0.4) is 0 Å². The third-order valence-electron chi connectivity index (χ3n) is 4.91. The summed E-state index contributed by atoms with van der Waals surface area (Å²) in [6, 6.07) is 11.0. The second-order valence-electron chi connectivity index (χ2n) is 8.04. The van der Waals surface area contributed by atoms with E-state index in [1.54, 1.807) is 18.2 Å². The molecule has 0 unspecified atom stereocenters. The van der Waals surface area contributed by atoms with E-state index in [9.17, 15) is 9.59 Å². The SMILES string of the molecule is CCCCCCOc1ccc(C(=O)NNC(=O)COc2cc(C)ccc2C(C)C)cc1Br. The molecule has 174 valence electrons. The molecule has 0 aliphatic carbocycles. The summed E-state index contributed by atoms with van der Waals surface area (Å²) in [5.41, 5.74) is 7.29. The molecule has 7 heteroatoms. The van der Waals surface area contributed by atoms with Crippen molar-refractivity contribution in [2.24, 2.45) is 0 Å². The first-order chi connectivity index (χ1) is 15.3. The number of ether oxygens (including phenoxy) is 2. The molecule has 0 saturated carbocycles. The summed E-state index contributed by atoms with van der Waals surface area (Å²) in [5.74, 6) is 0.771. The Labute approximate surface area is 199 Å². The minimum atomic E-state index is -0.444. The van der Waals surface area contributed by atoms with Gasteiger partial charge in [-0.05, 0) is 70.6 Å². The summed E-state index contributed by atoms with van der Waals surface area (Å²) in [6.07, 6.45) is 4.52. The Morgan fingerprint density at radius 3 is 2.44 bits per heavy atom. The van der Waals surface area contributed by atoms with Gasteiger partial charge < -0.3 is 9.47 Å². The fourth-order valence-electron chi connectivity index (χ4n) is 3.09. The minimum Gasteiger partial charge on any atom is -0.492 e. The van der Waals surface area contributed by atoms with Crippen LogP contribution in [-0.2, 0) is 4.79 Å². The van der Waals surface area contributed by atoms with E-state index in [4.69, 9.17) is 9.47 Å². The number of hydrazine groups is 1. The Kier molecular flexibility index (Phi) is 10.5. The second kappa shape index (κ2) is 13.1. The van der Waals surface area contributed by atoms with Gasteiger partial charge in [-0.25, -0.2) is 0 Å². The fraction of sp³-hybridized carbons (Fsp3) is 0.440. The molecule has 2 aromatic rings. The normalized spacial score (nSPS) is 10.7. The van der Waals surface area contributed by atoms with Gasteiger partial charge in [-0.3, -0.25) is 20.4 Å². The molecule has 2 amide bonds. The molecule has 6 nitrogen and oxygen atoms in total. The molecule has 0 spiro atoms. The monoisotopic (exact) mass is 504 g/mol. The van der Waals surface area contributed by atoms with Crippen LogP contribution in [0.1, 0.15) is 73.9 Å².